The minimum Gasteiger partial charge on any atom is -0.207 e. The Morgan fingerprint density at radius 3 is 2.48 bits per heavy atom. The Labute approximate surface area is 132 Å². The third-order valence-corrected chi connectivity index (χ3v) is 5.35. The van der Waals surface area contributed by atoms with Crippen LogP contribution in [0.3, 0.4) is 0 Å². The molecule has 0 spiro atoms. The van der Waals surface area contributed by atoms with E-state index in [1.54, 1.807) is 6.92 Å². The van der Waals surface area contributed by atoms with Gasteiger partial charge in [-0.05, 0) is 30.2 Å². The van der Waals surface area contributed by atoms with Crippen molar-refractivity contribution >= 4 is 26.0 Å². The van der Waals surface area contributed by atoms with Gasteiger partial charge in [0.1, 0.15) is 5.82 Å². The molecule has 1 unspecified atom stereocenters. The molecule has 0 aliphatic carbocycles. The summed E-state index contributed by atoms with van der Waals surface area (Å²) in [5, 5.41) is 0.421. The van der Waals surface area contributed by atoms with Gasteiger partial charge >= 0.3 is 0 Å². The number of sulfonamides is 1. The zero-order chi connectivity index (χ0) is 15.5. The van der Waals surface area contributed by atoms with E-state index in [1.807, 2.05) is 30.3 Å². The van der Waals surface area contributed by atoms with Crippen molar-refractivity contribution in [1.29, 1.82) is 0 Å². The second kappa shape index (κ2) is 6.68. The zero-order valence-electron chi connectivity index (χ0n) is 11.4. The minimum atomic E-state index is -3.79. The fraction of sp³-hybridized carbons (Fsp3) is 0.200. The summed E-state index contributed by atoms with van der Waals surface area (Å²) in [5.41, 5.74) is 1.34. The molecule has 0 aromatic heterocycles. The van der Waals surface area contributed by atoms with Gasteiger partial charge in [-0.15, -0.1) is 0 Å². The van der Waals surface area contributed by atoms with Gasteiger partial charge in [0.2, 0.25) is 10.0 Å². The first-order chi connectivity index (χ1) is 9.94. The Kier molecular flexibility index (Phi) is 5.13. The van der Waals surface area contributed by atoms with Crippen LogP contribution >= 0.6 is 15.9 Å². The number of hydrogen-bond donors (Lipinski definition) is 1. The molecule has 0 saturated carbocycles. The summed E-state index contributed by atoms with van der Waals surface area (Å²) >= 11 is 3.31. The number of benzene rings is 2. The quantitative estimate of drug-likeness (QED) is 0.816. The molecule has 0 fully saturated rings. The Balaban J connectivity index is 2.34. The third kappa shape index (κ3) is 3.90. The molecule has 1 N–H and O–H groups in total. The fourth-order valence-electron chi connectivity index (χ4n) is 1.99. The van der Waals surface area contributed by atoms with Crippen molar-refractivity contribution < 1.29 is 12.8 Å². The van der Waals surface area contributed by atoms with Gasteiger partial charge in [0.15, 0.2) is 0 Å². The monoisotopic (exact) mass is 371 g/mol. The summed E-state index contributed by atoms with van der Waals surface area (Å²) in [6.45, 7) is 1.64. The minimum absolute atomic E-state index is 0.0376. The molecule has 0 saturated heterocycles. The first kappa shape index (κ1) is 16.1. The van der Waals surface area contributed by atoms with Crippen LogP contribution in [0.4, 0.5) is 4.39 Å². The highest BCUT2D eigenvalue weighted by molar-refractivity contribution is 9.09. The predicted molar refractivity (Wildman–Crippen MR) is 84.4 cm³/mol. The number of alkyl halides is 1. The lowest BCUT2D eigenvalue weighted by Gasteiger charge is -2.17. The smallest absolute Gasteiger partial charge is 0.207 e. The van der Waals surface area contributed by atoms with Gasteiger partial charge in [-0.2, -0.15) is 0 Å². The van der Waals surface area contributed by atoms with E-state index < -0.39 is 21.9 Å². The van der Waals surface area contributed by atoms with Crippen molar-refractivity contribution in [3.05, 3.63) is 65.5 Å². The predicted octanol–water partition coefficient (Wildman–Crippen LogP) is 3.55. The molecule has 2 aromatic carbocycles. The third-order valence-electron chi connectivity index (χ3n) is 3.09. The molecule has 6 heteroatoms. The first-order valence-corrected chi connectivity index (χ1v) is 8.94. The number of hydrogen-bond acceptors (Lipinski definition) is 2. The highest BCUT2D eigenvalue weighted by atomic mass is 79.9. The lowest BCUT2D eigenvalue weighted by molar-refractivity contribution is 0.565. The van der Waals surface area contributed by atoms with Crippen LogP contribution in [0.1, 0.15) is 17.2 Å². The highest BCUT2D eigenvalue weighted by Crippen LogP contribution is 2.21. The number of halogens is 2. The maximum atomic E-state index is 13.3. The van der Waals surface area contributed by atoms with Crippen LogP contribution in [0.2, 0.25) is 0 Å². The Morgan fingerprint density at radius 1 is 1.19 bits per heavy atom. The lowest BCUT2D eigenvalue weighted by Crippen LogP contribution is -2.30. The van der Waals surface area contributed by atoms with Crippen molar-refractivity contribution in [2.75, 3.05) is 5.33 Å². The van der Waals surface area contributed by atoms with E-state index in [4.69, 9.17) is 0 Å². The van der Waals surface area contributed by atoms with Gasteiger partial charge in [0.25, 0.3) is 0 Å². The van der Waals surface area contributed by atoms with E-state index in [1.165, 1.54) is 12.1 Å². The highest BCUT2D eigenvalue weighted by Gasteiger charge is 2.22. The van der Waals surface area contributed by atoms with Crippen molar-refractivity contribution in [3.8, 4) is 0 Å². The molecule has 3 nitrogen and oxygen atoms in total. The van der Waals surface area contributed by atoms with Gasteiger partial charge in [-0.25, -0.2) is 17.5 Å². The molecule has 21 heavy (non-hydrogen) atoms. The molecular weight excluding hydrogens is 357 g/mol. The maximum absolute atomic E-state index is 13.3. The molecule has 0 heterocycles. The second-order valence-electron chi connectivity index (χ2n) is 4.65. The van der Waals surface area contributed by atoms with Crippen molar-refractivity contribution in [3.63, 3.8) is 0 Å². The number of aryl methyl sites for hydroxylation is 1. The van der Waals surface area contributed by atoms with Crippen LogP contribution < -0.4 is 4.72 Å². The van der Waals surface area contributed by atoms with Crippen molar-refractivity contribution in [2.24, 2.45) is 0 Å². The standard InChI is InChI=1S/C15H15BrFNO2S/c1-11-7-8-13(17)9-15(11)21(19,20)18-14(10-16)12-5-3-2-4-6-12/h2-9,14,18H,10H2,1H3. The van der Waals surface area contributed by atoms with Gasteiger partial charge < -0.3 is 0 Å². The summed E-state index contributed by atoms with van der Waals surface area (Å²) in [5.74, 6) is -0.573. The van der Waals surface area contributed by atoms with Crippen molar-refractivity contribution in [1.82, 2.24) is 4.72 Å². The lowest BCUT2D eigenvalue weighted by atomic mass is 10.1. The van der Waals surface area contributed by atoms with Gasteiger partial charge in [-0.3, -0.25) is 0 Å². The summed E-state index contributed by atoms with van der Waals surface area (Å²) in [6, 6.07) is 12.5. The molecule has 2 rings (SSSR count). The van der Waals surface area contributed by atoms with E-state index in [0.717, 1.165) is 11.6 Å². The summed E-state index contributed by atoms with van der Waals surface area (Å²) in [4.78, 5) is -0.0376. The topological polar surface area (TPSA) is 46.2 Å². The number of nitrogens with one attached hydrogen (secondary N) is 1. The zero-order valence-corrected chi connectivity index (χ0v) is 13.8. The van der Waals surface area contributed by atoms with Crippen LogP contribution in [-0.4, -0.2) is 13.7 Å². The van der Waals surface area contributed by atoms with E-state index >= 15 is 0 Å². The van der Waals surface area contributed by atoms with Gasteiger partial charge in [-0.1, -0.05) is 52.3 Å². The molecule has 0 bridgehead atoms. The van der Waals surface area contributed by atoms with Crippen LogP contribution in [0, 0.1) is 12.7 Å². The molecule has 0 amide bonds. The average Bonchev–Trinajstić information content (AvgIpc) is 2.48. The molecule has 0 radical (unpaired) electrons. The Bertz CT molecular complexity index is 720. The van der Waals surface area contributed by atoms with Crippen LogP contribution in [0.25, 0.3) is 0 Å². The SMILES string of the molecule is Cc1ccc(F)cc1S(=O)(=O)NC(CBr)c1ccccc1. The van der Waals surface area contributed by atoms with E-state index in [0.29, 0.717) is 10.9 Å². The van der Waals surface area contributed by atoms with Crippen molar-refractivity contribution in [2.45, 2.75) is 17.9 Å². The average molecular weight is 372 g/mol. The second-order valence-corrected chi connectivity index (χ2v) is 6.98. The van der Waals surface area contributed by atoms with Gasteiger partial charge in [0.05, 0.1) is 10.9 Å². The van der Waals surface area contributed by atoms with Crippen LogP contribution in [0.5, 0.6) is 0 Å². The van der Waals surface area contributed by atoms with E-state index in [2.05, 4.69) is 20.7 Å². The Hall–Kier alpha value is -1.24. The molecule has 0 aliphatic heterocycles. The molecule has 112 valence electrons. The summed E-state index contributed by atoms with van der Waals surface area (Å²) in [6.07, 6.45) is 0. The summed E-state index contributed by atoms with van der Waals surface area (Å²) in [7, 11) is -3.79. The molecule has 2 aromatic rings. The largest absolute Gasteiger partial charge is 0.241 e. The summed E-state index contributed by atoms with van der Waals surface area (Å²) < 4.78 is 40.8. The Morgan fingerprint density at radius 2 is 1.86 bits per heavy atom. The maximum Gasteiger partial charge on any atom is 0.241 e. The van der Waals surface area contributed by atoms with Gasteiger partial charge in [0, 0.05) is 5.33 Å². The normalized spacial score (nSPS) is 13.1. The van der Waals surface area contributed by atoms with E-state index in [-0.39, 0.29) is 4.90 Å². The molecular formula is C15H15BrFNO2S. The molecule has 1 atom stereocenters. The fourth-order valence-corrected chi connectivity index (χ4v) is 4.22. The van der Waals surface area contributed by atoms with Crippen LogP contribution in [-0.2, 0) is 10.0 Å². The first-order valence-electron chi connectivity index (χ1n) is 6.33. The van der Waals surface area contributed by atoms with E-state index in [9.17, 15) is 12.8 Å². The molecule has 0 aliphatic rings. The van der Waals surface area contributed by atoms with Crippen LogP contribution in [0.15, 0.2) is 53.4 Å². The number of rotatable bonds is 5.